The van der Waals surface area contributed by atoms with Crippen molar-refractivity contribution >= 4 is 27.5 Å². The molecule has 224 valence electrons. The Bertz CT molecular complexity index is 1620. The lowest BCUT2D eigenvalue weighted by Gasteiger charge is -2.34. The van der Waals surface area contributed by atoms with Gasteiger partial charge in [0.15, 0.2) is 0 Å². The van der Waals surface area contributed by atoms with Crippen LogP contribution in [0.25, 0.3) is 0 Å². The maximum absolute atomic E-state index is 14.3. The molecule has 4 aromatic rings. The van der Waals surface area contributed by atoms with Gasteiger partial charge < -0.3 is 15.0 Å². The molecule has 0 aliphatic carbocycles. The Balaban J connectivity index is 1.81. The van der Waals surface area contributed by atoms with Crippen molar-refractivity contribution in [3.63, 3.8) is 0 Å². The van der Waals surface area contributed by atoms with Crippen LogP contribution in [0.4, 0.5) is 10.1 Å². The number of nitrogens with one attached hydrogen (secondary N) is 1. The molecule has 43 heavy (non-hydrogen) atoms. The standard InChI is InChI=1S/C33H34FN3O5S/c1-3-35-33(39)30(22-25-12-6-4-7-13-25)36(23-26-18-20-27(34)21-19-26)32(38)24-37(29-16-10-11-17-31(29)42-2)43(40,41)28-14-8-5-9-15-28/h4-21,30H,3,22-24H2,1-2H3,(H,35,39). The molecule has 0 saturated heterocycles. The van der Waals surface area contributed by atoms with E-state index in [1.807, 2.05) is 30.3 Å². The molecule has 1 atom stereocenters. The van der Waals surface area contributed by atoms with Crippen LogP contribution >= 0.6 is 0 Å². The van der Waals surface area contributed by atoms with Crippen molar-refractivity contribution < 1.29 is 27.1 Å². The van der Waals surface area contributed by atoms with Gasteiger partial charge >= 0.3 is 0 Å². The van der Waals surface area contributed by atoms with Gasteiger partial charge in [0.25, 0.3) is 10.0 Å². The number of carbonyl (C=O) groups excluding carboxylic acids is 2. The Morgan fingerprint density at radius 2 is 1.44 bits per heavy atom. The number of methoxy groups -OCH3 is 1. The first-order valence-corrected chi connectivity index (χ1v) is 15.2. The fourth-order valence-corrected chi connectivity index (χ4v) is 6.15. The summed E-state index contributed by atoms with van der Waals surface area (Å²) in [5.74, 6) is -1.20. The SMILES string of the molecule is CCNC(=O)C(Cc1ccccc1)N(Cc1ccc(F)cc1)C(=O)CN(c1ccccc1OC)S(=O)(=O)c1ccccc1. The van der Waals surface area contributed by atoms with E-state index in [1.54, 1.807) is 49.4 Å². The van der Waals surface area contributed by atoms with Crippen LogP contribution in [0.2, 0.25) is 0 Å². The number of ether oxygens (including phenoxy) is 1. The van der Waals surface area contributed by atoms with Gasteiger partial charge in [-0.25, -0.2) is 12.8 Å². The Morgan fingerprint density at radius 1 is 0.837 bits per heavy atom. The summed E-state index contributed by atoms with van der Waals surface area (Å²) in [7, 11) is -2.84. The van der Waals surface area contributed by atoms with Crippen molar-refractivity contribution in [1.29, 1.82) is 0 Å². The summed E-state index contributed by atoms with van der Waals surface area (Å²) in [6.45, 7) is 1.43. The Hall–Kier alpha value is -4.70. The van der Waals surface area contributed by atoms with Crippen molar-refractivity contribution in [2.24, 2.45) is 0 Å². The molecule has 0 saturated carbocycles. The molecule has 0 aliphatic heterocycles. The second kappa shape index (κ2) is 14.5. The van der Waals surface area contributed by atoms with E-state index in [4.69, 9.17) is 4.74 Å². The average molecular weight is 604 g/mol. The third kappa shape index (κ3) is 7.78. The van der Waals surface area contributed by atoms with E-state index in [0.29, 0.717) is 12.1 Å². The Labute approximate surface area is 251 Å². The van der Waals surface area contributed by atoms with E-state index in [2.05, 4.69) is 5.32 Å². The smallest absolute Gasteiger partial charge is 0.264 e. The highest BCUT2D eigenvalue weighted by Gasteiger charge is 2.35. The van der Waals surface area contributed by atoms with Gasteiger partial charge in [-0.15, -0.1) is 0 Å². The number of likely N-dealkylation sites (N-methyl/N-ethyl adjacent to an activating group) is 1. The number of carbonyl (C=O) groups is 2. The number of para-hydroxylation sites is 2. The quantitative estimate of drug-likeness (QED) is 0.237. The molecule has 2 amide bonds. The van der Waals surface area contributed by atoms with Crippen LogP contribution in [-0.4, -0.2) is 51.4 Å². The van der Waals surface area contributed by atoms with Gasteiger partial charge in [-0.2, -0.15) is 0 Å². The van der Waals surface area contributed by atoms with Gasteiger partial charge in [0, 0.05) is 19.5 Å². The molecule has 0 aromatic heterocycles. The second-order valence-electron chi connectivity index (χ2n) is 9.74. The first-order chi connectivity index (χ1) is 20.7. The first-order valence-electron chi connectivity index (χ1n) is 13.8. The van der Waals surface area contributed by atoms with Crippen LogP contribution in [0.5, 0.6) is 5.75 Å². The summed E-state index contributed by atoms with van der Waals surface area (Å²) in [5.41, 5.74) is 1.56. The molecule has 0 aliphatic rings. The minimum absolute atomic E-state index is 0.0108. The summed E-state index contributed by atoms with van der Waals surface area (Å²) < 4.78 is 48.3. The van der Waals surface area contributed by atoms with Crippen molar-refractivity contribution in [3.05, 3.63) is 126 Å². The van der Waals surface area contributed by atoms with E-state index in [0.717, 1.165) is 9.87 Å². The number of anilines is 1. The van der Waals surface area contributed by atoms with E-state index in [-0.39, 0.29) is 29.3 Å². The van der Waals surface area contributed by atoms with Crippen molar-refractivity contribution in [3.8, 4) is 5.75 Å². The van der Waals surface area contributed by atoms with Crippen LogP contribution in [0, 0.1) is 5.82 Å². The number of benzene rings is 4. The molecule has 4 aromatic carbocycles. The zero-order valence-corrected chi connectivity index (χ0v) is 24.8. The zero-order chi connectivity index (χ0) is 30.8. The lowest BCUT2D eigenvalue weighted by atomic mass is 10.0. The fraction of sp³-hybridized carbons (Fsp3) is 0.212. The number of rotatable bonds is 13. The average Bonchev–Trinajstić information content (AvgIpc) is 3.03. The van der Waals surface area contributed by atoms with Crippen LogP contribution in [0.3, 0.4) is 0 Å². The Morgan fingerprint density at radius 3 is 2.07 bits per heavy atom. The highest BCUT2D eigenvalue weighted by atomic mass is 32.2. The number of sulfonamides is 1. The summed E-state index contributed by atoms with van der Waals surface area (Å²) >= 11 is 0. The van der Waals surface area contributed by atoms with Gasteiger partial charge in [0.2, 0.25) is 11.8 Å². The molecule has 10 heteroatoms. The predicted octanol–water partition coefficient (Wildman–Crippen LogP) is 4.81. The van der Waals surface area contributed by atoms with Gasteiger partial charge in [0.1, 0.15) is 24.2 Å². The summed E-state index contributed by atoms with van der Waals surface area (Å²) in [6.07, 6.45) is 0.180. The van der Waals surface area contributed by atoms with Crippen molar-refractivity contribution in [2.75, 3.05) is 24.5 Å². The molecular weight excluding hydrogens is 569 g/mol. The topological polar surface area (TPSA) is 96.0 Å². The summed E-state index contributed by atoms with van der Waals surface area (Å²) in [4.78, 5) is 29.2. The molecule has 8 nitrogen and oxygen atoms in total. The number of nitrogens with zero attached hydrogens (tertiary/aromatic N) is 2. The zero-order valence-electron chi connectivity index (χ0n) is 24.0. The molecule has 0 fully saturated rings. The minimum Gasteiger partial charge on any atom is -0.495 e. The first kappa shape index (κ1) is 31.2. The molecule has 0 spiro atoms. The summed E-state index contributed by atoms with van der Waals surface area (Å²) in [6, 6.07) is 28.2. The van der Waals surface area contributed by atoms with E-state index < -0.39 is 40.2 Å². The van der Waals surface area contributed by atoms with Gasteiger partial charge in [-0.05, 0) is 54.4 Å². The van der Waals surface area contributed by atoms with Gasteiger partial charge in [-0.1, -0.05) is 72.8 Å². The molecule has 4 rings (SSSR count). The maximum Gasteiger partial charge on any atom is 0.264 e. The Kier molecular flexibility index (Phi) is 10.5. The number of hydrogen-bond acceptors (Lipinski definition) is 5. The largest absolute Gasteiger partial charge is 0.495 e. The third-order valence-corrected chi connectivity index (χ3v) is 8.63. The van der Waals surface area contributed by atoms with Crippen LogP contribution in [0.15, 0.2) is 114 Å². The van der Waals surface area contributed by atoms with Crippen LogP contribution < -0.4 is 14.4 Å². The monoisotopic (exact) mass is 603 g/mol. The number of amides is 2. The lowest BCUT2D eigenvalue weighted by Crippen LogP contribution is -2.53. The molecule has 0 bridgehead atoms. The maximum atomic E-state index is 14.3. The highest BCUT2D eigenvalue weighted by molar-refractivity contribution is 7.92. The predicted molar refractivity (Wildman–Crippen MR) is 164 cm³/mol. The molecule has 0 radical (unpaired) electrons. The van der Waals surface area contributed by atoms with E-state index >= 15 is 0 Å². The molecular formula is C33H34FN3O5S. The van der Waals surface area contributed by atoms with Crippen molar-refractivity contribution in [1.82, 2.24) is 10.2 Å². The van der Waals surface area contributed by atoms with Gasteiger partial charge in [-0.3, -0.25) is 13.9 Å². The highest BCUT2D eigenvalue weighted by Crippen LogP contribution is 2.32. The molecule has 1 unspecified atom stereocenters. The van der Waals surface area contributed by atoms with Gasteiger partial charge in [0.05, 0.1) is 17.7 Å². The normalized spacial score (nSPS) is 11.8. The number of hydrogen-bond donors (Lipinski definition) is 1. The van der Waals surface area contributed by atoms with Crippen molar-refractivity contribution in [2.45, 2.75) is 30.8 Å². The van der Waals surface area contributed by atoms with E-state index in [1.165, 1.54) is 48.4 Å². The van der Waals surface area contributed by atoms with Crippen LogP contribution in [-0.2, 0) is 32.6 Å². The fourth-order valence-electron chi connectivity index (χ4n) is 4.70. The number of halogens is 1. The summed E-state index contributed by atoms with van der Waals surface area (Å²) in [5, 5.41) is 2.81. The lowest BCUT2D eigenvalue weighted by molar-refractivity contribution is -0.140. The second-order valence-corrected chi connectivity index (χ2v) is 11.6. The van der Waals surface area contributed by atoms with Crippen LogP contribution in [0.1, 0.15) is 18.1 Å². The molecule has 1 N–H and O–H groups in total. The third-order valence-electron chi connectivity index (χ3n) is 6.85. The van der Waals surface area contributed by atoms with E-state index in [9.17, 15) is 22.4 Å². The minimum atomic E-state index is -4.25. The molecule has 0 heterocycles.